The van der Waals surface area contributed by atoms with E-state index in [1.54, 1.807) is 42.9 Å². The molecular formula is C35H41N7O6. The van der Waals surface area contributed by atoms with Gasteiger partial charge in [0.25, 0.3) is 0 Å². The van der Waals surface area contributed by atoms with Gasteiger partial charge in [-0.2, -0.15) is 0 Å². The minimum absolute atomic E-state index is 0.0361. The predicted molar refractivity (Wildman–Crippen MR) is 177 cm³/mol. The Balaban J connectivity index is 1.18. The molecule has 2 amide bonds. The molecule has 1 aromatic carbocycles. The second-order valence-electron chi connectivity index (χ2n) is 11.7. The van der Waals surface area contributed by atoms with E-state index in [-0.39, 0.29) is 25.5 Å². The molecule has 5 rings (SSSR count). The van der Waals surface area contributed by atoms with Crippen molar-refractivity contribution in [1.29, 1.82) is 0 Å². The molecule has 252 valence electrons. The number of amides is 2. The number of ether oxygens (including phenoxy) is 1. The fourth-order valence-corrected chi connectivity index (χ4v) is 5.37. The van der Waals surface area contributed by atoms with E-state index in [2.05, 4.69) is 35.4 Å². The number of hydrogen-bond donors (Lipinski definition) is 5. The molecule has 13 heteroatoms. The van der Waals surface area contributed by atoms with Gasteiger partial charge >= 0.3 is 0 Å². The van der Waals surface area contributed by atoms with Gasteiger partial charge in [-0.1, -0.05) is 30.3 Å². The fourth-order valence-electron chi connectivity index (χ4n) is 5.37. The molecule has 3 aromatic heterocycles. The Labute approximate surface area is 279 Å². The second-order valence-corrected chi connectivity index (χ2v) is 11.7. The zero-order valence-electron chi connectivity index (χ0n) is 26.5. The number of anilines is 1. The lowest BCUT2D eigenvalue weighted by Gasteiger charge is -2.35. The third-order valence-corrected chi connectivity index (χ3v) is 7.87. The Morgan fingerprint density at radius 1 is 0.729 bits per heavy atom. The van der Waals surface area contributed by atoms with E-state index in [9.17, 15) is 24.9 Å². The van der Waals surface area contributed by atoms with E-state index in [1.165, 1.54) is 0 Å². The molecule has 0 radical (unpaired) electrons. The van der Waals surface area contributed by atoms with Crippen LogP contribution < -0.4 is 10.6 Å². The summed E-state index contributed by atoms with van der Waals surface area (Å²) < 4.78 is 4.99. The number of aliphatic hydroxyl groups excluding tert-OH is 3. The second kappa shape index (κ2) is 17.5. The molecule has 48 heavy (non-hydrogen) atoms. The van der Waals surface area contributed by atoms with Crippen LogP contribution in [0.4, 0.5) is 5.69 Å². The summed E-state index contributed by atoms with van der Waals surface area (Å²) in [6.45, 7) is 2.89. The largest absolute Gasteiger partial charge is 0.388 e. The Bertz CT molecular complexity index is 1530. The van der Waals surface area contributed by atoms with Crippen molar-refractivity contribution in [1.82, 2.24) is 30.1 Å². The molecule has 0 spiro atoms. The highest BCUT2D eigenvalue weighted by Gasteiger charge is 2.38. The van der Waals surface area contributed by atoms with Crippen LogP contribution in [0.15, 0.2) is 97.5 Å². The summed E-state index contributed by atoms with van der Waals surface area (Å²) >= 11 is 0. The average Bonchev–Trinajstić information content (AvgIpc) is 3.09. The van der Waals surface area contributed by atoms with Crippen LogP contribution in [0.1, 0.15) is 22.6 Å². The standard InChI is InChI=1S/C35H41N7O6/c43-30-24-48-35(47)33(34(30)46)40-31(44)19-25-10-12-26(13-11-25)39-32(45)23-42(22-29-9-3-6-16-38-29)18-17-41(20-27-7-1-4-14-36-27)21-28-8-2-5-15-37-28/h1-16,30,33-35,43,46-47H,17-24H2,(H,39,45)(H,40,44)/t30?,33-,34+,35?/m1/s1. The molecule has 1 aliphatic heterocycles. The van der Waals surface area contributed by atoms with Crippen molar-refractivity contribution in [2.75, 3.05) is 31.6 Å². The molecule has 1 saturated heterocycles. The first-order valence-corrected chi connectivity index (χ1v) is 15.8. The van der Waals surface area contributed by atoms with E-state index in [1.807, 2.05) is 54.6 Å². The highest BCUT2D eigenvalue weighted by atomic mass is 16.6. The van der Waals surface area contributed by atoms with Crippen LogP contribution in [0.5, 0.6) is 0 Å². The molecule has 0 saturated carbocycles. The Kier molecular flexibility index (Phi) is 12.7. The lowest BCUT2D eigenvalue weighted by atomic mass is 10.0. The lowest BCUT2D eigenvalue weighted by molar-refractivity contribution is -0.212. The number of nitrogens with zero attached hydrogens (tertiary/aromatic N) is 5. The first-order valence-electron chi connectivity index (χ1n) is 15.8. The number of pyridine rings is 3. The minimum Gasteiger partial charge on any atom is -0.388 e. The molecule has 1 aliphatic rings. The Hall–Kier alpha value is -4.63. The van der Waals surface area contributed by atoms with Crippen molar-refractivity contribution in [3.63, 3.8) is 0 Å². The summed E-state index contributed by atoms with van der Waals surface area (Å²) in [6, 6.07) is 23.1. The van der Waals surface area contributed by atoms with E-state index in [0.717, 1.165) is 17.1 Å². The molecule has 4 atom stereocenters. The molecule has 2 unspecified atom stereocenters. The topological polar surface area (TPSA) is 173 Å². The lowest BCUT2D eigenvalue weighted by Crippen LogP contribution is -2.60. The highest BCUT2D eigenvalue weighted by molar-refractivity contribution is 5.92. The SMILES string of the molecule is O=C(CN(CCN(Cc1ccccn1)Cc1ccccn1)Cc1ccccn1)Nc1ccc(CC(=O)N[C@H]2C(O)OCC(O)[C@@H]2O)cc1. The van der Waals surface area contributed by atoms with Gasteiger partial charge in [-0.15, -0.1) is 0 Å². The van der Waals surface area contributed by atoms with Crippen LogP contribution in [-0.2, 0) is 40.4 Å². The zero-order chi connectivity index (χ0) is 33.7. The van der Waals surface area contributed by atoms with Gasteiger partial charge in [0, 0.05) is 57.0 Å². The fraction of sp³-hybridized carbons (Fsp3) is 0.343. The van der Waals surface area contributed by atoms with Crippen molar-refractivity contribution < 1.29 is 29.6 Å². The Morgan fingerprint density at radius 3 is 1.81 bits per heavy atom. The maximum absolute atomic E-state index is 13.3. The number of benzene rings is 1. The van der Waals surface area contributed by atoms with Gasteiger partial charge in [-0.3, -0.25) is 34.3 Å². The molecule has 4 heterocycles. The quantitative estimate of drug-likeness (QED) is 0.124. The van der Waals surface area contributed by atoms with Crippen molar-refractivity contribution >= 4 is 17.5 Å². The van der Waals surface area contributed by atoms with E-state index < -0.39 is 30.4 Å². The summed E-state index contributed by atoms with van der Waals surface area (Å²) in [5.74, 6) is -0.658. The summed E-state index contributed by atoms with van der Waals surface area (Å²) in [4.78, 5) is 43.6. The number of hydrogen-bond acceptors (Lipinski definition) is 11. The van der Waals surface area contributed by atoms with Gasteiger partial charge in [0.2, 0.25) is 11.8 Å². The maximum atomic E-state index is 13.3. The minimum atomic E-state index is -1.42. The average molecular weight is 656 g/mol. The summed E-state index contributed by atoms with van der Waals surface area (Å²) in [7, 11) is 0. The highest BCUT2D eigenvalue weighted by Crippen LogP contribution is 2.16. The van der Waals surface area contributed by atoms with Crippen LogP contribution in [0.3, 0.4) is 0 Å². The van der Waals surface area contributed by atoms with E-state index in [0.29, 0.717) is 44.0 Å². The van der Waals surface area contributed by atoms with Gasteiger partial charge in [-0.25, -0.2) is 0 Å². The first-order chi connectivity index (χ1) is 23.3. The van der Waals surface area contributed by atoms with Gasteiger partial charge in [-0.05, 0) is 54.1 Å². The van der Waals surface area contributed by atoms with Crippen molar-refractivity contribution in [3.05, 3.63) is 120 Å². The number of carbonyl (C=O) groups is 2. The molecule has 4 aromatic rings. The van der Waals surface area contributed by atoms with Gasteiger partial charge in [0.15, 0.2) is 6.29 Å². The molecule has 5 N–H and O–H groups in total. The third kappa shape index (κ3) is 10.7. The molecule has 0 bridgehead atoms. The van der Waals surface area contributed by atoms with Crippen LogP contribution in [0.25, 0.3) is 0 Å². The third-order valence-electron chi connectivity index (χ3n) is 7.87. The van der Waals surface area contributed by atoms with Gasteiger partial charge < -0.3 is 30.7 Å². The first kappa shape index (κ1) is 34.7. The normalized spacial score (nSPS) is 19.3. The monoisotopic (exact) mass is 655 g/mol. The molecular weight excluding hydrogens is 614 g/mol. The molecule has 13 nitrogen and oxygen atoms in total. The molecule has 1 fully saturated rings. The van der Waals surface area contributed by atoms with Crippen LogP contribution in [0, 0.1) is 0 Å². The zero-order valence-corrected chi connectivity index (χ0v) is 26.5. The number of carbonyl (C=O) groups excluding carboxylic acids is 2. The van der Waals surface area contributed by atoms with Crippen molar-refractivity contribution in [2.24, 2.45) is 0 Å². The summed E-state index contributed by atoms with van der Waals surface area (Å²) in [5.41, 5.74) is 3.97. The Morgan fingerprint density at radius 2 is 1.27 bits per heavy atom. The van der Waals surface area contributed by atoms with Gasteiger partial charge in [0.1, 0.15) is 18.2 Å². The van der Waals surface area contributed by atoms with Gasteiger partial charge in [0.05, 0.1) is 36.7 Å². The number of aromatic nitrogens is 3. The summed E-state index contributed by atoms with van der Waals surface area (Å²) in [6.07, 6.45) is 1.28. The van der Waals surface area contributed by atoms with E-state index in [4.69, 9.17) is 4.74 Å². The van der Waals surface area contributed by atoms with Crippen molar-refractivity contribution in [2.45, 2.75) is 50.6 Å². The summed E-state index contributed by atoms with van der Waals surface area (Å²) in [5, 5.41) is 35.3. The van der Waals surface area contributed by atoms with Crippen LogP contribution >= 0.6 is 0 Å². The van der Waals surface area contributed by atoms with Crippen LogP contribution in [-0.4, -0.2) is 103 Å². The van der Waals surface area contributed by atoms with Crippen molar-refractivity contribution in [3.8, 4) is 0 Å². The smallest absolute Gasteiger partial charge is 0.238 e. The van der Waals surface area contributed by atoms with Crippen LogP contribution in [0.2, 0.25) is 0 Å². The predicted octanol–water partition coefficient (Wildman–Crippen LogP) is 1.11. The van der Waals surface area contributed by atoms with E-state index >= 15 is 0 Å². The number of nitrogens with one attached hydrogen (secondary N) is 2. The number of aliphatic hydroxyl groups is 3. The number of rotatable bonds is 15. The maximum Gasteiger partial charge on any atom is 0.238 e. The molecule has 0 aliphatic carbocycles.